The third-order valence-electron chi connectivity index (χ3n) is 3.73. The molecule has 5 nitrogen and oxygen atoms in total. The van der Waals surface area contributed by atoms with Gasteiger partial charge in [-0.2, -0.15) is 4.37 Å². The molecular weight excluding hydrogens is 308 g/mol. The normalized spacial score (nSPS) is 12.2. The summed E-state index contributed by atoms with van der Waals surface area (Å²) in [6.45, 7) is 6.21. The molecule has 0 saturated heterocycles. The Morgan fingerprint density at radius 2 is 1.96 bits per heavy atom. The number of carbonyl (C=O) groups is 1. The number of benzene rings is 1. The zero-order chi connectivity index (χ0) is 16.8. The summed E-state index contributed by atoms with van der Waals surface area (Å²) in [6, 6.07) is 10.1. The third kappa shape index (κ3) is 5.03. The largest absolute Gasteiger partial charge is 0.323 e. The van der Waals surface area contributed by atoms with Crippen LogP contribution in [0.25, 0.3) is 0 Å². The van der Waals surface area contributed by atoms with Gasteiger partial charge < -0.3 is 4.90 Å². The zero-order valence-corrected chi connectivity index (χ0v) is 14.9. The number of aromatic nitrogens is 2. The highest BCUT2D eigenvalue weighted by molar-refractivity contribution is 7.09. The number of hydrogen-bond donors (Lipinski definition) is 1. The molecular formula is C17H24N4OS. The summed E-state index contributed by atoms with van der Waals surface area (Å²) in [5, 5.41) is 3.37. The number of carbonyl (C=O) groups excluding carboxylic acids is 1. The molecule has 23 heavy (non-hydrogen) atoms. The van der Waals surface area contributed by atoms with Crippen molar-refractivity contribution in [1.82, 2.24) is 14.3 Å². The second-order valence-electron chi connectivity index (χ2n) is 6.09. The van der Waals surface area contributed by atoms with Crippen LogP contribution in [0.2, 0.25) is 0 Å². The topological polar surface area (TPSA) is 58.1 Å². The van der Waals surface area contributed by atoms with Crippen LogP contribution in [0.5, 0.6) is 0 Å². The summed E-state index contributed by atoms with van der Waals surface area (Å²) in [5.41, 5.74) is 1.15. The summed E-state index contributed by atoms with van der Waals surface area (Å²) in [4.78, 5) is 18.5. The Morgan fingerprint density at radius 1 is 1.26 bits per heavy atom. The molecule has 0 saturated carbocycles. The summed E-state index contributed by atoms with van der Waals surface area (Å²) in [5.74, 6) is 1.27. The highest BCUT2D eigenvalue weighted by Gasteiger charge is 2.22. The van der Waals surface area contributed by atoms with E-state index in [9.17, 15) is 4.79 Å². The predicted octanol–water partition coefficient (Wildman–Crippen LogP) is 4.49. The van der Waals surface area contributed by atoms with Gasteiger partial charge in [0.05, 0.1) is 6.04 Å². The first kappa shape index (κ1) is 17.4. The minimum atomic E-state index is -0.154. The van der Waals surface area contributed by atoms with E-state index in [2.05, 4.69) is 40.7 Å². The van der Waals surface area contributed by atoms with Gasteiger partial charge in [-0.3, -0.25) is 5.32 Å². The molecule has 1 aromatic heterocycles. The minimum absolute atomic E-state index is 0.0487. The molecule has 0 spiro atoms. The van der Waals surface area contributed by atoms with E-state index in [4.69, 9.17) is 0 Å². The number of rotatable bonds is 6. The summed E-state index contributed by atoms with van der Waals surface area (Å²) < 4.78 is 4.09. The zero-order valence-electron chi connectivity index (χ0n) is 14.1. The predicted molar refractivity (Wildman–Crippen MR) is 94.7 cm³/mol. The van der Waals surface area contributed by atoms with Crippen LogP contribution in [-0.4, -0.2) is 27.3 Å². The summed E-state index contributed by atoms with van der Waals surface area (Å²) in [6.07, 6.45) is 2.00. The van der Waals surface area contributed by atoms with Crippen molar-refractivity contribution < 1.29 is 4.79 Å². The van der Waals surface area contributed by atoms with E-state index >= 15 is 0 Å². The van der Waals surface area contributed by atoms with Crippen LogP contribution in [0.1, 0.15) is 44.1 Å². The Labute approximate surface area is 141 Å². The molecule has 124 valence electrons. The molecule has 0 aliphatic rings. The molecule has 0 fully saturated rings. The van der Waals surface area contributed by atoms with Crippen molar-refractivity contribution in [2.24, 2.45) is 5.92 Å². The Hall–Kier alpha value is -1.95. The maximum Gasteiger partial charge on any atom is 0.323 e. The number of hydrogen-bond acceptors (Lipinski definition) is 4. The Morgan fingerprint density at radius 3 is 2.52 bits per heavy atom. The van der Waals surface area contributed by atoms with Gasteiger partial charge in [0.2, 0.25) is 5.13 Å². The lowest BCUT2D eigenvalue weighted by molar-refractivity contribution is 0.198. The number of amides is 2. The van der Waals surface area contributed by atoms with Crippen LogP contribution in [0.4, 0.5) is 9.93 Å². The van der Waals surface area contributed by atoms with Crippen molar-refractivity contribution >= 4 is 22.7 Å². The van der Waals surface area contributed by atoms with Gasteiger partial charge in [0.1, 0.15) is 5.82 Å². The molecule has 2 amide bonds. The van der Waals surface area contributed by atoms with E-state index in [0.717, 1.165) is 18.4 Å². The fourth-order valence-electron chi connectivity index (χ4n) is 2.42. The Balaban J connectivity index is 2.11. The maximum absolute atomic E-state index is 12.5. The van der Waals surface area contributed by atoms with Gasteiger partial charge in [-0.1, -0.05) is 44.2 Å². The van der Waals surface area contributed by atoms with Crippen LogP contribution in [0.3, 0.4) is 0 Å². The minimum Gasteiger partial charge on any atom is -0.320 e. The van der Waals surface area contributed by atoms with Crippen molar-refractivity contribution in [3.63, 3.8) is 0 Å². The smallest absolute Gasteiger partial charge is 0.320 e. The maximum atomic E-state index is 12.5. The molecule has 0 bridgehead atoms. The molecule has 6 heteroatoms. The Bertz CT molecular complexity index is 627. The molecule has 0 aliphatic carbocycles. The number of nitrogens with zero attached hydrogens (tertiary/aromatic N) is 3. The van der Waals surface area contributed by atoms with Gasteiger partial charge in [0, 0.05) is 18.6 Å². The SMILES string of the molecule is Cc1nsc(NC(=O)N(C)[C@@H](CCC(C)C)c2ccccc2)n1. The summed E-state index contributed by atoms with van der Waals surface area (Å²) >= 11 is 1.20. The number of aryl methyl sites for hydroxylation is 1. The molecule has 1 atom stereocenters. The van der Waals surface area contributed by atoms with Gasteiger partial charge in [0.15, 0.2) is 0 Å². The van der Waals surface area contributed by atoms with Gasteiger partial charge in [-0.15, -0.1) is 0 Å². The molecule has 1 N–H and O–H groups in total. The third-order valence-corrected chi connectivity index (χ3v) is 4.45. The summed E-state index contributed by atoms with van der Waals surface area (Å²) in [7, 11) is 1.83. The van der Waals surface area contributed by atoms with E-state index in [0.29, 0.717) is 16.9 Å². The Kier molecular flexibility index (Phi) is 6.10. The highest BCUT2D eigenvalue weighted by Crippen LogP contribution is 2.27. The standard InChI is InChI=1S/C17H24N4OS/c1-12(2)10-11-15(14-8-6-5-7-9-14)21(4)17(22)19-16-18-13(3)20-23-16/h5-9,12,15H,10-11H2,1-4H3,(H,18,19,20,22)/t15-/m0/s1. The van der Waals surface area contributed by atoms with E-state index in [1.165, 1.54) is 11.5 Å². The fourth-order valence-corrected chi connectivity index (χ4v) is 2.98. The van der Waals surface area contributed by atoms with E-state index in [1.54, 1.807) is 4.90 Å². The van der Waals surface area contributed by atoms with Crippen LogP contribution in [0, 0.1) is 12.8 Å². The molecule has 0 unspecified atom stereocenters. The monoisotopic (exact) mass is 332 g/mol. The number of nitrogens with one attached hydrogen (secondary N) is 1. The average Bonchev–Trinajstić information content (AvgIpc) is 2.93. The van der Waals surface area contributed by atoms with E-state index in [1.807, 2.05) is 32.2 Å². The first-order valence-corrected chi connectivity index (χ1v) is 8.63. The lowest BCUT2D eigenvalue weighted by Crippen LogP contribution is -2.35. The first-order chi connectivity index (χ1) is 11.0. The van der Waals surface area contributed by atoms with Crippen molar-refractivity contribution in [2.45, 2.75) is 39.7 Å². The van der Waals surface area contributed by atoms with Gasteiger partial charge in [0.25, 0.3) is 0 Å². The van der Waals surface area contributed by atoms with Crippen LogP contribution in [0.15, 0.2) is 30.3 Å². The number of urea groups is 1. The van der Waals surface area contributed by atoms with Crippen LogP contribution in [-0.2, 0) is 0 Å². The lowest BCUT2D eigenvalue weighted by atomic mass is 9.97. The van der Waals surface area contributed by atoms with E-state index in [-0.39, 0.29) is 12.1 Å². The molecule has 2 aromatic rings. The van der Waals surface area contributed by atoms with Crippen LogP contribution < -0.4 is 5.32 Å². The second kappa shape index (κ2) is 8.06. The molecule has 2 rings (SSSR count). The fraction of sp³-hybridized carbons (Fsp3) is 0.471. The van der Waals surface area contributed by atoms with Crippen molar-refractivity contribution in [1.29, 1.82) is 0 Å². The second-order valence-corrected chi connectivity index (χ2v) is 6.84. The molecule has 0 aliphatic heterocycles. The quantitative estimate of drug-likeness (QED) is 0.848. The molecule has 1 aromatic carbocycles. The average molecular weight is 332 g/mol. The van der Waals surface area contributed by atoms with Crippen molar-refractivity contribution in [3.8, 4) is 0 Å². The first-order valence-electron chi connectivity index (χ1n) is 7.86. The van der Waals surface area contributed by atoms with Crippen molar-refractivity contribution in [3.05, 3.63) is 41.7 Å². The van der Waals surface area contributed by atoms with Gasteiger partial charge >= 0.3 is 6.03 Å². The number of anilines is 1. The molecule has 1 heterocycles. The lowest BCUT2D eigenvalue weighted by Gasteiger charge is -2.29. The van der Waals surface area contributed by atoms with Crippen LogP contribution >= 0.6 is 11.5 Å². The van der Waals surface area contributed by atoms with Gasteiger partial charge in [-0.25, -0.2) is 9.78 Å². The van der Waals surface area contributed by atoms with Crippen molar-refractivity contribution in [2.75, 3.05) is 12.4 Å². The highest BCUT2D eigenvalue weighted by atomic mass is 32.1. The van der Waals surface area contributed by atoms with Gasteiger partial charge in [-0.05, 0) is 31.2 Å². The van der Waals surface area contributed by atoms with E-state index < -0.39 is 0 Å². The molecule has 0 radical (unpaired) electrons.